The van der Waals surface area contributed by atoms with E-state index in [2.05, 4.69) is 20.8 Å². The van der Waals surface area contributed by atoms with Crippen molar-refractivity contribution in [3.8, 4) is 10.6 Å². The standard InChI is InChI=1S/C15H11ClN4OS/c16-12-9-5-4-8-11(12)13-19-20-15(22-13)18-14(21)17-10-6-2-1-3-7-10/h1-9H,(H2,17,18,20,21). The second kappa shape index (κ2) is 6.55. The minimum atomic E-state index is -0.368. The van der Waals surface area contributed by atoms with E-state index in [9.17, 15) is 4.79 Å². The van der Waals surface area contributed by atoms with Crippen molar-refractivity contribution in [2.75, 3.05) is 10.6 Å². The van der Waals surface area contributed by atoms with Crippen molar-refractivity contribution in [2.45, 2.75) is 0 Å². The van der Waals surface area contributed by atoms with Gasteiger partial charge in [0.05, 0.1) is 5.02 Å². The first kappa shape index (κ1) is 14.5. The van der Waals surface area contributed by atoms with Crippen molar-refractivity contribution in [2.24, 2.45) is 0 Å². The molecule has 2 N–H and O–H groups in total. The van der Waals surface area contributed by atoms with Crippen molar-refractivity contribution in [3.63, 3.8) is 0 Å². The molecule has 0 saturated heterocycles. The number of rotatable bonds is 3. The first-order chi connectivity index (χ1) is 10.7. The summed E-state index contributed by atoms with van der Waals surface area (Å²) in [7, 11) is 0. The molecule has 0 saturated carbocycles. The van der Waals surface area contributed by atoms with E-state index in [1.54, 1.807) is 18.2 Å². The minimum Gasteiger partial charge on any atom is -0.308 e. The molecule has 110 valence electrons. The predicted molar refractivity (Wildman–Crippen MR) is 89.4 cm³/mol. The fraction of sp³-hybridized carbons (Fsp3) is 0. The Morgan fingerprint density at radius 2 is 1.68 bits per heavy atom. The number of halogens is 1. The number of amides is 2. The predicted octanol–water partition coefficient (Wildman–Crippen LogP) is 4.50. The molecule has 0 aliphatic heterocycles. The molecule has 1 heterocycles. The van der Waals surface area contributed by atoms with Crippen LogP contribution in [-0.4, -0.2) is 16.2 Å². The van der Waals surface area contributed by atoms with Crippen LogP contribution in [0.15, 0.2) is 54.6 Å². The third-order valence-corrected chi connectivity index (χ3v) is 3.98. The molecule has 22 heavy (non-hydrogen) atoms. The minimum absolute atomic E-state index is 0.368. The van der Waals surface area contributed by atoms with Gasteiger partial charge < -0.3 is 5.32 Å². The topological polar surface area (TPSA) is 66.9 Å². The van der Waals surface area contributed by atoms with E-state index in [-0.39, 0.29) is 6.03 Å². The maximum atomic E-state index is 11.9. The molecule has 0 aliphatic rings. The van der Waals surface area contributed by atoms with Gasteiger partial charge in [-0.3, -0.25) is 5.32 Å². The second-order valence-electron chi connectivity index (χ2n) is 4.34. The largest absolute Gasteiger partial charge is 0.325 e. The monoisotopic (exact) mass is 330 g/mol. The van der Waals surface area contributed by atoms with Crippen molar-refractivity contribution < 1.29 is 4.79 Å². The summed E-state index contributed by atoms with van der Waals surface area (Å²) in [5, 5.41) is 15.0. The second-order valence-corrected chi connectivity index (χ2v) is 5.72. The number of nitrogens with zero attached hydrogens (tertiary/aromatic N) is 2. The smallest absolute Gasteiger partial charge is 0.308 e. The van der Waals surface area contributed by atoms with Crippen molar-refractivity contribution >= 4 is 39.8 Å². The number of urea groups is 1. The van der Waals surface area contributed by atoms with Crippen LogP contribution in [0.5, 0.6) is 0 Å². The first-order valence-electron chi connectivity index (χ1n) is 6.44. The van der Waals surface area contributed by atoms with E-state index in [1.165, 1.54) is 11.3 Å². The van der Waals surface area contributed by atoms with Crippen molar-refractivity contribution in [1.29, 1.82) is 0 Å². The number of nitrogens with one attached hydrogen (secondary N) is 2. The van der Waals surface area contributed by atoms with Crippen molar-refractivity contribution in [1.82, 2.24) is 10.2 Å². The van der Waals surface area contributed by atoms with Gasteiger partial charge in [-0.25, -0.2) is 4.79 Å². The molecule has 2 amide bonds. The molecule has 0 fully saturated rings. The lowest BCUT2D eigenvalue weighted by molar-refractivity contribution is 0.262. The van der Waals surface area contributed by atoms with Gasteiger partial charge >= 0.3 is 6.03 Å². The number of carbonyl (C=O) groups excluding carboxylic acids is 1. The molecular weight excluding hydrogens is 320 g/mol. The Labute approximate surface area is 136 Å². The van der Waals surface area contributed by atoms with Gasteiger partial charge in [0.1, 0.15) is 0 Å². The summed E-state index contributed by atoms with van der Waals surface area (Å²) in [6.07, 6.45) is 0. The van der Waals surface area contributed by atoms with Crippen LogP contribution in [0.25, 0.3) is 10.6 Å². The van der Waals surface area contributed by atoms with Crippen LogP contribution in [0.4, 0.5) is 15.6 Å². The van der Waals surface area contributed by atoms with E-state index in [1.807, 2.05) is 36.4 Å². The number of aromatic nitrogens is 2. The lowest BCUT2D eigenvalue weighted by Crippen LogP contribution is -2.19. The highest BCUT2D eigenvalue weighted by molar-refractivity contribution is 7.18. The van der Waals surface area contributed by atoms with Crippen LogP contribution in [0.3, 0.4) is 0 Å². The molecular formula is C15H11ClN4OS. The van der Waals surface area contributed by atoms with Gasteiger partial charge in [-0.1, -0.05) is 59.3 Å². The van der Waals surface area contributed by atoms with E-state index in [0.717, 1.165) is 5.56 Å². The maximum absolute atomic E-state index is 11.9. The number of para-hydroxylation sites is 1. The molecule has 3 aromatic rings. The highest BCUT2D eigenvalue weighted by Gasteiger charge is 2.11. The van der Waals surface area contributed by atoms with Crippen LogP contribution >= 0.6 is 22.9 Å². The van der Waals surface area contributed by atoms with Crippen LogP contribution in [0.1, 0.15) is 0 Å². The normalized spacial score (nSPS) is 10.2. The zero-order chi connectivity index (χ0) is 15.4. The van der Waals surface area contributed by atoms with Gasteiger partial charge in [0, 0.05) is 11.3 Å². The summed E-state index contributed by atoms with van der Waals surface area (Å²) in [5.41, 5.74) is 1.49. The van der Waals surface area contributed by atoms with Crippen molar-refractivity contribution in [3.05, 3.63) is 59.6 Å². The molecule has 0 unspecified atom stereocenters. The molecule has 0 aliphatic carbocycles. The quantitative estimate of drug-likeness (QED) is 0.742. The Morgan fingerprint density at radius 1 is 0.955 bits per heavy atom. The lowest BCUT2D eigenvalue weighted by Gasteiger charge is -2.04. The molecule has 7 heteroatoms. The van der Waals surface area contributed by atoms with Gasteiger partial charge in [-0.2, -0.15) is 0 Å². The molecule has 0 bridgehead atoms. The third-order valence-electron chi connectivity index (χ3n) is 2.78. The zero-order valence-electron chi connectivity index (χ0n) is 11.3. The number of hydrogen-bond donors (Lipinski definition) is 2. The maximum Gasteiger partial charge on any atom is 0.325 e. The Morgan fingerprint density at radius 3 is 2.45 bits per heavy atom. The van der Waals surface area contributed by atoms with Gasteiger partial charge in [-0.15, -0.1) is 10.2 Å². The Bertz CT molecular complexity index is 791. The average molecular weight is 331 g/mol. The van der Waals surface area contributed by atoms with Gasteiger partial charge in [0.15, 0.2) is 5.01 Å². The molecule has 0 radical (unpaired) electrons. The number of carbonyl (C=O) groups is 1. The van der Waals surface area contributed by atoms with Gasteiger partial charge in [0.2, 0.25) is 5.13 Å². The van der Waals surface area contributed by atoms with Crippen LogP contribution in [0.2, 0.25) is 5.02 Å². The Hall–Kier alpha value is -2.44. The molecule has 1 aromatic heterocycles. The molecule has 3 rings (SSSR count). The van der Waals surface area contributed by atoms with Crippen LogP contribution < -0.4 is 10.6 Å². The van der Waals surface area contributed by atoms with Gasteiger partial charge in [-0.05, 0) is 18.2 Å². The van der Waals surface area contributed by atoms with E-state index in [0.29, 0.717) is 20.8 Å². The number of anilines is 2. The average Bonchev–Trinajstić information content (AvgIpc) is 2.97. The summed E-state index contributed by atoms with van der Waals surface area (Å²) in [6.45, 7) is 0. The summed E-state index contributed by atoms with van der Waals surface area (Å²) >= 11 is 7.38. The van der Waals surface area contributed by atoms with E-state index >= 15 is 0 Å². The number of hydrogen-bond acceptors (Lipinski definition) is 4. The Kier molecular flexibility index (Phi) is 4.32. The highest BCUT2D eigenvalue weighted by atomic mass is 35.5. The zero-order valence-corrected chi connectivity index (χ0v) is 12.9. The van der Waals surface area contributed by atoms with E-state index < -0.39 is 0 Å². The van der Waals surface area contributed by atoms with E-state index in [4.69, 9.17) is 11.6 Å². The Balaban J connectivity index is 1.70. The molecule has 0 spiro atoms. The lowest BCUT2D eigenvalue weighted by atomic mass is 10.2. The van der Waals surface area contributed by atoms with Gasteiger partial charge in [0.25, 0.3) is 0 Å². The molecule has 5 nitrogen and oxygen atoms in total. The van der Waals surface area contributed by atoms with Crippen LogP contribution in [-0.2, 0) is 0 Å². The first-order valence-corrected chi connectivity index (χ1v) is 7.63. The highest BCUT2D eigenvalue weighted by Crippen LogP contribution is 2.31. The summed E-state index contributed by atoms with van der Waals surface area (Å²) in [4.78, 5) is 11.9. The number of benzene rings is 2. The van der Waals surface area contributed by atoms with Crippen LogP contribution in [0, 0.1) is 0 Å². The third kappa shape index (κ3) is 3.41. The fourth-order valence-corrected chi connectivity index (χ4v) is 2.86. The molecule has 0 atom stereocenters. The summed E-state index contributed by atoms with van der Waals surface area (Å²) < 4.78 is 0. The summed E-state index contributed by atoms with van der Waals surface area (Å²) in [6, 6.07) is 16.2. The fourth-order valence-electron chi connectivity index (χ4n) is 1.80. The molecule has 2 aromatic carbocycles. The summed E-state index contributed by atoms with van der Waals surface area (Å²) in [5.74, 6) is 0. The SMILES string of the molecule is O=C(Nc1ccccc1)Nc1nnc(-c2ccccc2Cl)s1.